The third-order valence-electron chi connectivity index (χ3n) is 2.59. The highest BCUT2D eigenvalue weighted by Gasteiger charge is 2.21. The molecule has 90 valence electrons. The van der Waals surface area contributed by atoms with Crippen LogP contribution in [0, 0.1) is 11.2 Å². The predicted octanol–water partition coefficient (Wildman–Crippen LogP) is 0.906. The van der Waals surface area contributed by atoms with Gasteiger partial charge in [-0.05, 0) is 6.07 Å². The van der Waals surface area contributed by atoms with Crippen molar-refractivity contribution < 1.29 is 14.6 Å². The maximum atomic E-state index is 13.2. The van der Waals surface area contributed by atoms with Gasteiger partial charge in [0.2, 0.25) is 0 Å². The highest BCUT2D eigenvalue weighted by atomic mass is 19.1. The molecule has 0 aliphatic carbocycles. The van der Waals surface area contributed by atoms with E-state index in [1.54, 1.807) is 25.1 Å². The molecule has 0 fully saturated rings. The Balaban J connectivity index is 2.44. The van der Waals surface area contributed by atoms with Gasteiger partial charge in [-0.1, -0.05) is 25.1 Å². The molecule has 0 saturated carbocycles. The molecule has 0 amide bonds. The number of halogens is 1. The van der Waals surface area contributed by atoms with Crippen LogP contribution in [-0.4, -0.2) is 30.0 Å². The van der Waals surface area contributed by atoms with E-state index in [1.165, 1.54) is 6.07 Å². The Morgan fingerprint density at radius 1 is 1.25 bits per heavy atom. The molecular weight excluding hydrogens is 209 g/mol. The first-order chi connectivity index (χ1) is 7.61. The van der Waals surface area contributed by atoms with Crippen molar-refractivity contribution >= 4 is 0 Å². The Labute approximate surface area is 94.9 Å². The summed E-state index contributed by atoms with van der Waals surface area (Å²) < 4.78 is 13.2. The third kappa shape index (κ3) is 3.56. The van der Waals surface area contributed by atoms with E-state index in [4.69, 9.17) is 10.2 Å². The van der Waals surface area contributed by atoms with Gasteiger partial charge in [0.15, 0.2) is 0 Å². The molecule has 0 spiro atoms. The van der Waals surface area contributed by atoms with Crippen molar-refractivity contribution in [2.45, 2.75) is 13.5 Å². The third-order valence-corrected chi connectivity index (χ3v) is 2.59. The van der Waals surface area contributed by atoms with Crippen molar-refractivity contribution in [3.8, 4) is 0 Å². The molecule has 0 radical (unpaired) electrons. The summed E-state index contributed by atoms with van der Waals surface area (Å²) in [6.45, 7) is 2.39. The largest absolute Gasteiger partial charge is 0.396 e. The van der Waals surface area contributed by atoms with Crippen molar-refractivity contribution in [3.05, 3.63) is 35.6 Å². The molecule has 16 heavy (non-hydrogen) atoms. The second-order valence-electron chi connectivity index (χ2n) is 4.32. The maximum Gasteiger partial charge on any atom is 0.127 e. The lowest BCUT2D eigenvalue weighted by Gasteiger charge is -2.24. The van der Waals surface area contributed by atoms with Gasteiger partial charge in [0.1, 0.15) is 5.82 Å². The molecule has 1 rings (SSSR count). The second-order valence-corrected chi connectivity index (χ2v) is 4.32. The van der Waals surface area contributed by atoms with E-state index in [9.17, 15) is 4.39 Å². The summed E-state index contributed by atoms with van der Waals surface area (Å²) in [5, 5.41) is 21.2. The molecule has 0 bridgehead atoms. The van der Waals surface area contributed by atoms with Gasteiger partial charge >= 0.3 is 0 Å². The van der Waals surface area contributed by atoms with Gasteiger partial charge in [-0.2, -0.15) is 0 Å². The van der Waals surface area contributed by atoms with Gasteiger partial charge in [0.05, 0.1) is 13.2 Å². The maximum absolute atomic E-state index is 13.2. The van der Waals surface area contributed by atoms with E-state index in [-0.39, 0.29) is 19.0 Å². The van der Waals surface area contributed by atoms with Crippen LogP contribution < -0.4 is 5.32 Å². The Kier molecular flexibility index (Phi) is 4.86. The Bertz CT molecular complexity index is 327. The van der Waals surface area contributed by atoms with Gasteiger partial charge in [0.25, 0.3) is 0 Å². The highest BCUT2D eigenvalue weighted by Crippen LogP contribution is 2.13. The first kappa shape index (κ1) is 13.1. The molecule has 1 aromatic rings. The number of hydrogen-bond donors (Lipinski definition) is 3. The predicted molar refractivity (Wildman–Crippen MR) is 60.4 cm³/mol. The van der Waals surface area contributed by atoms with Gasteiger partial charge in [-0.15, -0.1) is 0 Å². The summed E-state index contributed by atoms with van der Waals surface area (Å²) in [4.78, 5) is 0. The molecule has 0 aliphatic rings. The minimum Gasteiger partial charge on any atom is -0.396 e. The van der Waals surface area contributed by atoms with Crippen LogP contribution in [0.15, 0.2) is 24.3 Å². The van der Waals surface area contributed by atoms with E-state index in [0.29, 0.717) is 18.7 Å². The fourth-order valence-corrected chi connectivity index (χ4v) is 1.30. The van der Waals surface area contributed by atoms with Crippen molar-refractivity contribution in [1.29, 1.82) is 0 Å². The molecule has 0 atom stereocenters. The zero-order valence-corrected chi connectivity index (χ0v) is 9.41. The van der Waals surface area contributed by atoms with Crippen LogP contribution in [0.4, 0.5) is 4.39 Å². The Morgan fingerprint density at radius 3 is 2.44 bits per heavy atom. The van der Waals surface area contributed by atoms with Crippen molar-refractivity contribution in [1.82, 2.24) is 5.32 Å². The first-order valence-corrected chi connectivity index (χ1v) is 5.27. The van der Waals surface area contributed by atoms with Crippen LogP contribution in [0.5, 0.6) is 0 Å². The summed E-state index contributed by atoms with van der Waals surface area (Å²) in [6, 6.07) is 6.54. The number of aliphatic hydroxyl groups is 2. The monoisotopic (exact) mass is 227 g/mol. The Morgan fingerprint density at radius 2 is 1.88 bits per heavy atom. The lowest BCUT2D eigenvalue weighted by atomic mass is 9.93. The van der Waals surface area contributed by atoms with Crippen molar-refractivity contribution in [2.24, 2.45) is 5.41 Å². The quantitative estimate of drug-likeness (QED) is 0.677. The summed E-state index contributed by atoms with van der Waals surface area (Å²) >= 11 is 0. The highest BCUT2D eigenvalue weighted by molar-refractivity contribution is 5.16. The summed E-state index contributed by atoms with van der Waals surface area (Å²) in [5.41, 5.74) is 0.0198. The number of nitrogens with one attached hydrogen (secondary N) is 1. The van der Waals surface area contributed by atoms with Crippen LogP contribution in [-0.2, 0) is 6.54 Å². The second kappa shape index (κ2) is 5.94. The van der Waals surface area contributed by atoms with Crippen LogP contribution in [0.25, 0.3) is 0 Å². The number of rotatable bonds is 6. The first-order valence-electron chi connectivity index (χ1n) is 5.27. The molecule has 3 nitrogen and oxygen atoms in total. The molecular formula is C12H18FNO2. The van der Waals surface area contributed by atoms with Crippen molar-refractivity contribution in [3.63, 3.8) is 0 Å². The summed E-state index contributed by atoms with van der Waals surface area (Å²) in [7, 11) is 0. The smallest absolute Gasteiger partial charge is 0.127 e. The van der Waals surface area contributed by atoms with Crippen LogP contribution in [0.2, 0.25) is 0 Å². The number of benzene rings is 1. The molecule has 0 aliphatic heterocycles. The molecule has 0 saturated heterocycles. The fourth-order valence-electron chi connectivity index (χ4n) is 1.30. The molecule has 0 unspecified atom stereocenters. The fraction of sp³-hybridized carbons (Fsp3) is 0.500. The van der Waals surface area contributed by atoms with Gasteiger partial charge in [0, 0.05) is 24.1 Å². The van der Waals surface area contributed by atoms with E-state index >= 15 is 0 Å². The van der Waals surface area contributed by atoms with Crippen molar-refractivity contribution in [2.75, 3.05) is 19.8 Å². The molecule has 1 aromatic carbocycles. The van der Waals surface area contributed by atoms with E-state index in [0.717, 1.165) is 0 Å². The standard InChI is InChI=1S/C12H18FNO2/c1-12(8-15,9-16)7-14-6-10-4-2-3-5-11(10)13/h2-5,14-16H,6-9H2,1H3. The van der Waals surface area contributed by atoms with E-state index < -0.39 is 5.41 Å². The molecule has 4 heteroatoms. The molecule has 3 N–H and O–H groups in total. The average Bonchev–Trinajstić information content (AvgIpc) is 2.31. The lowest BCUT2D eigenvalue weighted by Crippen LogP contribution is -2.37. The van der Waals surface area contributed by atoms with Gasteiger partial charge in [-0.25, -0.2) is 4.39 Å². The molecule has 0 heterocycles. The zero-order valence-electron chi connectivity index (χ0n) is 9.41. The van der Waals surface area contributed by atoms with Gasteiger partial charge < -0.3 is 15.5 Å². The lowest BCUT2D eigenvalue weighted by molar-refractivity contribution is 0.0694. The molecule has 0 aromatic heterocycles. The SMILES string of the molecule is CC(CO)(CO)CNCc1ccccc1F. The summed E-state index contributed by atoms with van der Waals surface area (Å²) in [6.07, 6.45) is 0. The van der Waals surface area contributed by atoms with Crippen LogP contribution >= 0.6 is 0 Å². The number of hydrogen-bond acceptors (Lipinski definition) is 3. The van der Waals surface area contributed by atoms with E-state index in [1.807, 2.05) is 0 Å². The Hall–Kier alpha value is -0.970. The minimum atomic E-state index is -0.564. The van der Waals surface area contributed by atoms with E-state index in [2.05, 4.69) is 5.32 Å². The zero-order chi connectivity index (χ0) is 12.0. The average molecular weight is 227 g/mol. The van der Waals surface area contributed by atoms with Gasteiger partial charge in [-0.3, -0.25) is 0 Å². The number of aliphatic hydroxyl groups excluding tert-OH is 2. The topological polar surface area (TPSA) is 52.5 Å². The van der Waals surface area contributed by atoms with Crippen LogP contribution in [0.3, 0.4) is 0 Å². The normalized spacial score (nSPS) is 11.8. The summed E-state index contributed by atoms with van der Waals surface area (Å²) in [5.74, 6) is -0.246. The minimum absolute atomic E-state index is 0.103. The van der Waals surface area contributed by atoms with Crippen LogP contribution in [0.1, 0.15) is 12.5 Å².